The summed E-state index contributed by atoms with van der Waals surface area (Å²) in [7, 11) is 0.440. The Morgan fingerprint density at radius 1 is 1.29 bits per heavy atom. The lowest BCUT2D eigenvalue weighted by Gasteiger charge is -2.17. The number of nitrogen functional groups attached to an aromatic ring is 1. The van der Waals surface area contributed by atoms with E-state index in [-0.39, 0.29) is 0 Å². The van der Waals surface area contributed by atoms with E-state index in [4.69, 9.17) is 5.84 Å². The van der Waals surface area contributed by atoms with E-state index in [1.54, 1.807) is 31.2 Å². The molecule has 1 rings (SSSR count). The van der Waals surface area contributed by atoms with Crippen LogP contribution in [0.5, 0.6) is 0 Å². The topological polar surface area (TPSA) is 75.4 Å². The lowest BCUT2D eigenvalue weighted by Crippen LogP contribution is -2.30. The number of rotatable bonds is 5. The summed E-state index contributed by atoms with van der Waals surface area (Å²) in [4.78, 5) is 2.18. The molecule has 0 saturated carbocycles. The Morgan fingerprint density at radius 3 is 2.24 bits per heavy atom. The average Bonchev–Trinajstić information content (AvgIpc) is 2.28. The predicted octanol–water partition coefficient (Wildman–Crippen LogP) is 0.696. The minimum Gasteiger partial charge on any atom is -0.324 e. The number of hydrogen-bond donors (Lipinski definition) is 2. The van der Waals surface area contributed by atoms with E-state index in [0.29, 0.717) is 17.1 Å². The summed E-state index contributed by atoms with van der Waals surface area (Å²) >= 11 is 0. The highest BCUT2D eigenvalue weighted by Crippen LogP contribution is 2.18. The molecule has 0 aromatic heterocycles. The molecule has 0 heterocycles. The molecule has 1 unspecified atom stereocenters. The number of nitrogens with zero attached hydrogens (tertiary/aromatic N) is 1. The van der Waals surface area contributed by atoms with Crippen LogP contribution in [0.4, 0.5) is 5.69 Å². The molecule has 0 aliphatic rings. The van der Waals surface area contributed by atoms with Crippen LogP contribution in [0.3, 0.4) is 0 Å². The second-order valence-corrected chi connectivity index (χ2v) is 6.65. The van der Waals surface area contributed by atoms with Crippen molar-refractivity contribution < 1.29 is 8.42 Å². The molecule has 5 nitrogen and oxygen atoms in total. The van der Waals surface area contributed by atoms with Gasteiger partial charge in [0.15, 0.2) is 9.84 Å². The first-order valence-electron chi connectivity index (χ1n) is 5.33. The van der Waals surface area contributed by atoms with Crippen LogP contribution in [0.2, 0.25) is 0 Å². The molecule has 17 heavy (non-hydrogen) atoms. The second-order valence-electron chi connectivity index (χ2n) is 4.29. The summed E-state index contributed by atoms with van der Waals surface area (Å²) in [6, 6.07) is 6.43. The molecule has 0 spiro atoms. The van der Waals surface area contributed by atoms with E-state index in [9.17, 15) is 8.42 Å². The Kier molecular flexibility index (Phi) is 4.50. The number of hydrogen-bond acceptors (Lipinski definition) is 5. The third-order valence-electron chi connectivity index (χ3n) is 2.50. The van der Waals surface area contributed by atoms with Crippen LogP contribution in [0.1, 0.15) is 6.92 Å². The highest BCUT2D eigenvalue weighted by atomic mass is 32.2. The maximum absolute atomic E-state index is 12.2. The summed E-state index contributed by atoms with van der Waals surface area (Å²) in [5, 5.41) is -0.436. The second kappa shape index (κ2) is 5.48. The SMILES string of the molecule is CC(CN(C)C)S(=O)(=O)c1ccc(NN)cc1. The molecular weight excluding hydrogens is 238 g/mol. The minimum atomic E-state index is -3.27. The summed E-state index contributed by atoms with van der Waals surface area (Å²) in [6.45, 7) is 2.21. The molecule has 1 atom stereocenters. The number of hydrazine groups is 1. The third-order valence-corrected chi connectivity index (χ3v) is 4.64. The smallest absolute Gasteiger partial charge is 0.182 e. The molecule has 3 N–H and O–H groups in total. The van der Waals surface area contributed by atoms with Gasteiger partial charge in [0.1, 0.15) is 0 Å². The van der Waals surface area contributed by atoms with E-state index in [1.165, 1.54) is 0 Å². The molecule has 96 valence electrons. The van der Waals surface area contributed by atoms with Crippen LogP contribution in [0.15, 0.2) is 29.2 Å². The Bertz CT molecular complexity index is 454. The van der Waals surface area contributed by atoms with Gasteiger partial charge in [-0.05, 0) is 45.3 Å². The number of nitrogens with one attached hydrogen (secondary N) is 1. The molecule has 0 amide bonds. The van der Waals surface area contributed by atoms with Crippen molar-refractivity contribution in [3.63, 3.8) is 0 Å². The Hall–Kier alpha value is -1.11. The fourth-order valence-corrected chi connectivity index (χ4v) is 3.06. The van der Waals surface area contributed by atoms with E-state index in [2.05, 4.69) is 5.43 Å². The minimum absolute atomic E-state index is 0.325. The summed E-state index contributed by atoms with van der Waals surface area (Å²) in [5.41, 5.74) is 3.15. The van der Waals surface area contributed by atoms with Crippen LogP contribution < -0.4 is 11.3 Å². The summed E-state index contributed by atoms with van der Waals surface area (Å²) in [5.74, 6) is 5.23. The van der Waals surface area contributed by atoms with Crippen LogP contribution in [0, 0.1) is 0 Å². The van der Waals surface area contributed by atoms with Gasteiger partial charge in [-0.2, -0.15) is 0 Å². The fourth-order valence-electron chi connectivity index (χ4n) is 1.59. The molecule has 1 aromatic rings. The van der Waals surface area contributed by atoms with E-state index in [1.807, 2.05) is 19.0 Å². The van der Waals surface area contributed by atoms with Gasteiger partial charge in [-0.25, -0.2) is 8.42 Å². The van der Waals surface area contributed by atoms with Gasteiger partial charge in [0.25, 0.3) is 0 Å². The van der Waals surface area contributed by atoms with Gasteiger partial charge < -0.3 is 10.3 Å². The largest absolute Gasteiger partial charge is 0.324 e. The van der Waals surface area contributed by atoms with Gasteiger partial charge >= 0.3 is 0 Å². The Labute approximate surface area is 103 Å². The molecule has 1 aromatic carbocycles. The van der Waals surface area contributed by atoms with Gasteiger partial charge in [0, 0.05) is 12.2 Å². The molecule has 0 saturated heterocycles. The normalized spacial score (nSPS) is 13.7. The maximum atomic E-state index is 12.2. The van der Waals surface area contributed by atoms with Gasteiger partial charge in [0.2, 0.25) is 0 Å². The first kappa shape index (κ1) is 14.0. The monoisotopic (exact) mass is 257 g/mol. The van der Waals surface area contributed by atoms with Crippen molar-refractivity contribution in [2.75, 3.05) is 26.1 Å². The summed E-state index contributed by atoms with van der Waals surface area (Å²) < 4.78 is 24.4. The van der Waals surface area contributed by atoms with Crippen molar-refractivity contribution in [3.05, 3.63) is 24.3 Å². The maximum Gasteiger partial charge on any atom is 0.182 e. The molecule has 0 aliphatic carbocycles. The molecule has 0 radical (unpaired) electrons. The Balaban J connectivity index is 2.96. The quantitative estimate of drug-likeness (QED) is 0.600. The van der Waals surface area contributed by atoms with Crippen molar-refractivity contribution >= 4 is 15.5 Å². The Morgan fingerprint density at radius 2 is 1.82 bits per heavy atom. The average molecular weight is 257 g/mol. The van der Waals surface area contributed by atoms with Crippen molar-refractivity contribution in [2.24, 2.45) is 5.84 Å². The predicted molar refractivity (Wildman–Crippen MR) is 69.5 cm³/mol. The van der Waals surface area contributed by atoms with Crippen LogP contribution in [0.25, 0.3) is 0 Å². The summed E-state index contributed by atoms with van der Waals surface area (Å²) in [6.07, 6.45) is 0. The highest BCUT2D eigenvalue weighted by Gasteiger charge is 2.23. The first-order chi connectivity index (χ1) is 7.87. The number of anilines is 1. The van der Waals surface area contributed by atoms with Crippen molar-refractivity contribution in [1.29, 1.82) is 0 Å². The van der Waals surface area contributed by atoms with E-state index in [0.717, 1.165) is 0 Å². The van der Waals surface area contributed by atoms with Crippen LogP contribution in [-0.4, -0.2) is 39.2 Å². The van der Waals surface area contributed by atoms with Crippen molar-refractivity contribution in [2.45, 2.75) is 17.1 Å². The molecule has 0 fully saturated rings. The van der Waals surface area contributed by atoms with Gasteiger partial charge in [-0.3, -0.25) is 5.84 Å². The fraction of sp³-hybridized carbons (Fsp3) is 0.455. The first-order valence-corrected chi connectivity index (χ1v) is 6.88. The number of nitrogens with two attached hydrogens (primary N) is 1. The lowest BCUT2D eigenvalue weighted by atomic mass is 10.3. The third kappa shape index (κ3) is 3.42. The molecular formula is C11H19N3O2S. The highest BCUT2D eigenvalue weighted by molar-refractivity contribution is 7.92. The zero-order valence-corrected chi connectivity index (χ0v) is 11.2. The van der Waals surface area contributed by atoms with Crippen molar-refractivity contribution in [3.8, 4) is 0 Å². The number of benzene rings is 1. The zero-order valence-electron chi connectivity index (χ0n) is 10.3. The van der Waals surface area contributed by atoms with Crippen LogP contribution in [-0.2, 0) is 9.84 Å². The molecule has 6 heteroatoms. The molecule has 0 aliphatic heterocycles. The zero-order chi connectivity index (χ0) is 13.1. The van der Waals surface area contributed by atoms with Crippen LogP contribution >= 0.6 is 0 Å². The standard InChI is InChI=1S/C11H19N3O2S/c1-9(8-14(2)3)17(15,16)11-6-4-10(13-12)5-7-11/h4-7,9,13H,8,12H2,1-3H3. The van der Waals surface area contributed by atoms with E-state index < -0.39 is 15.1 Å². The van der Waals surface area contributed by atoms with Gasteiger partial charge in [-0.15, -0.1) is 0 Å². The van der Waals surface area contributed by atoms with Crippen molar-refractivity contribution in [1.82, 2.24) is 4.90 Å². The lowest BCUT2D eigenvalue weighted by molar-refractivity contribution is 0.405. The van der Waals surface area contributed by atoms with Gasteiger partial charge in [0.05, 0.1) is 10.1 Å². The van der Waals surface area contributed by atoms with E-state index >= 15 is 0 Å². The number of sulfone groups is 1. The molecule has 0 bridgehead atoms. The van der Waals surface area contributed by atoms with Gasteiger partial charge in [-0.1, -0.05) is 0 Å².